The molecule has 1 aromatic rings. The molecule has 0 saturated heterocycles. The monoisotopic (exact) mass is 332 g/mol. The minimum atomic E-state index is -0.766. The third kappa shape index (κ3) is 4.70. The van der Waals surface area contributed by atoms with Crippen molar-refractivity contribution >= 4 is 11.8 Å². The van der Waals surface area contributed by atoms with Gasteiger partial charge in [-0.05, 0) is 31.1 Å². The molecule has 0 bridgehead atoms. The van der Waals surface area contributed by atoms with E-state index >= 15 is 0 Å². The topological polar surface area (TPSA) is 104 Å². The summed E-state index contributed by atoms with van der Waals surface area (Å²) in [5.74, 6) is -1.77. The Bertz CT molecular complexity index is 689. The molecule has 3 N–H and O–H groups in total. The standard InChI is InChI=1S/C18H20O6/c1-11-4-2-5-13(19)6-3-7-14(20)8-12-9-15(21)10-16(22)17(12)18(23)24-11/h2-3,5,7,9-11,13,19,21-22H,4,6,8H2,1H3/b5-2+,7-3+/t11-,13-/m1/s1. The van der Waals surface area contributed by atoms with Crippen molar-refractivity contribution in [1.82, 2.24) is 0 Å². The lowest BCUT2D eigenvalue weighted by molar-refractivity contribution is -0.114. The van der Waals surface area contributed by atoms with E-state index in [4.69, 9.17) is 4.74 Å². The first-order chi connectivity index (χ1) is 11.4. The molecular formula is C18H20O6. The Hall–Kier alpha value is -2.60. The molecule has 24 heavy (non-hydrogen) atoms. The van der Waals surface area contributed by atoms with Crippen molar-refractivity contribution in [2.24, 2.45) is 0 Å². The molecule has 1 aromatic carbocycles. The highest BCUT2D eigenvalue weighted by Crippen LogP contribution is 2.29. The summed E-state index contributed by atoms with van der Waals surface area (Å²) >= 11 is 0. The number of phenolic OH excluding ortho intramolecular Hbond substituents is 2. The molecule has 0 saturated carbocycles. The highest BCUT2D eigenvalue weighted by molar-refractivity contribution is 5.98. The van der Waals surface area contributed by atoms with Gasteiger partial charge >= 0.3 is 5.97 Å². The first-order valence-electron chi connectivity index (χ1n) is 7.66. The van der Waals surface area contributed by atoms with E-state index in [0.717, 1.165) is 6.07 Å². The third-order valence-electron chi connectivity index (χ3n) is 3.57. The average Bonchev–Trinajstić information content (AvgIpc) is 2.45. The number of esters is 1. The van der Waals surface area contributed by atoms with Crippen molar-refractivity contribution < 1.29 is 29.6 Å². The van der Waals surface area contributed by atoms with Gasteiger partial charge in [-0.25, -0.2) is 4.79 Å². The summed E-state index contributed by atoms with van der Waals surface area (Å²) in [4.78, 5) is 24.3. The number of aromatic hydroxyl groups is 2. The SMILES string of the molecule is C[C@@H]1C/C=C/[C@@H](O)C/C=C/C(=O)Cc2cc(O)cc(O)c2C(=O)O1. The highest BCUT2D eigenvalue weighted by atomic mass is 16.5. The van der Waals surface area contributed by atoms with Gasteiger partial charge in [0.25, 0.3) is 0 Å². The van der Waals surface area contributed by atoms with Crippen LogP contribution in [-0.4, -0.2) is 39.3 Å². The molecule has 0 radical (unpaired) electrons. The fourth-order valence-electron chi connectivity index (χ4n) is 2.43. The molecule has 0 aromatic heterocycles. The van der Waals surface area contributed by atoms with E-state index in [1.165, 1.54) is 12.1 Å². The summed E-state index contributed by atoms with van der Waals surface area (Å²) in [6.07, 6.45) is 5.44. The zero-order valence-corrected chi connectivity index (χ0v) is 13.3. The van der Waals surface area contributed by atoms with Gasteiger partial charge in [-0.1, -0.05) is 18.2 Å². The Morgan fingerprint density at radius 2 is 1.88 bits per heavy atom. The van der Waals surface area contributed by atoms with E-state index in [2.05, 4.69) is 0 Å². The number of ether oxygens (including phenoxy) is 1. The molecule has 6 heteroatoms. The number of rotatable bonds is 0. The lowest BCUT2D eigenvalue weighted by Crippen LogP contribution is -2.17. The number of allylic oxidation sites excluding steroid dienone is 1. The molecule has 2 atom stereocenters. The molecule has 0 spiro atoms. The Kier molecular flexibility index (Phi) is 5.76. The molecule has 0 amide bonds. The maximum Gasteiger partial charge on any atom is 0.342 e. The largest absolute Gasteiger partial charge is 0.508 e. The lowest BCUT2D eigenvalue weighted by Gasteiger charge is -2.15. The van der Waals surface area contributed by atoms with Crippen LogP contribution in [0.5, 0.6) is 11.5 Å². The van der Waals surface area contributed by atoms with Crippen LogP contribution in [0.3, 0.4) is 0 Å². The summed E-state index contributed by atoms with van der Waals surface area (Å²) < 4.78 is 5.27. The van der Waals surface area contributed by atoms with Crippen LogP contribution in [0.15, 0.2) is 36.4 Å². The third-order valence-corrected chi connectivity index (χ3v) is 3.57. The lowest BCUT2D eigenvalue weighted by atomic mass is 10.00. The quantitative estimate of drug-likeness (QED) is 0.496. The van der Waals surface area contributed by atoms with Crippen molar-refractivity contribution in [3.05, 3.63) is 47.6 Å². The van der Waals surface area contributed by atoms with Crippen LogP contribution in [0, 0.1) is 0 Å². The summed E-state index contributed by atoms with van der Waals surface area (Å²) in [5.41, 5.74) is 0.0648. The van der Waals surface area contributed by atoms with Crippen LogP contribution >= 0.6 is 0 Å². The van der Waals surface area contributed by atoms with E-state index in [1.54, 1.807) is 25.2 Å². The molecule has 0 fully saturated rings. The number of carbonyl (C=O) groups is 2. The Morgan fingerprint density at radius 1 is 1.12 bits per heavy atom. The van der Waals surface area contributed by atoms with Crippen molar-refractivity contribution in [3.63, 3.8) is 0 Å². The second kappa shape index (κ2) is 7.79. The summed E-state index contributed by atoms with van der Waals surface area (Å²) in [6.45, 7) is 1.68. The van der Waals surface area contributed by atoms with Gasteiger partial charge in [0.2, 0.25) is 0 Å². The van der Waals surface area contributed by atoms with Gasteiger partial charge in [-0.15, -0.1) is 0 Å². The molecule has 0 aliphatic carbocycles. The predicted octanol–water partition coefficient (Wildman–Crippen LogP) is 2.02. The van der Waals surface area contributed by atoms with E-state index in [9.17, 15) is 24.9 Å². The Balaban J connectivity index is 2.41. The smallest absolute Gasteiger partial charge is 0.342 e. The molecule has 6 nitrogen and oxygen atoms in total. The van der Waals surface area contributed by atoms with Gasteiger partial charge in [0, 0.05) is 18.9 Å². The van der Waals surface area contributed by atoms with E-state index < -0.39 is 23.9 Å². The van der Waals surface area contributed by atoms with Crippen molar-refractivity contribution in [2.45, 2.75) is 38.4 Å². The fourth-order valence-corrected chi connectivity index (χ4v) is 2.43. The maximum absolute atomic E-state index is 12.3. The number of aliphatic hydroxyl groups is 1. The number of carbonyl (C=O) groups excluding carboxylic acids is 2. The number of hydrogen-bond acceptors (Lipinski definition) is 6. The van der Waals surface area contributed by atoms with Crippen molar-refractivity contribution in [1.29, 1.82) is 0 Å². The van der Waals surface area contributed by atoms with Gasteiger partial charge < -0.3 is 20.1 Å². The number of hydrogen-bond donors (Lipinski definition) is 3. The molecular weight excluding hydrogens is 312 g/mol. The van der Waals surface area contributed by atoms with Crippen LogP contribution in [0.25, 0.3) is 0 Å². The summed E-state index contributed by atoms with van der Waals surface area (Å²) in [7, 11) is 0. The van der Waals surface area contributed by atoms with Crippen LogP contribution in [-0.2, 0) is 16.0 Å². The Morgan fingerprint density at radius 3 is 2.62 bits per heavy atom. The van der Waals surface area contributed by atoms with Crippen molar-refractivity contribution in [2.75, 3.05) is 0 Å². The molecule has 128 valence electrons. The molecule has 1 heterocycles. The van der Waals surface area contributed by atoms with Crippen LogP contribution in [0.2, 0.25) is 0 Å². The summed E-state index contributed by atoms with van der Waals surface area (Å²) in [6, 6.07) is 2.29. The van der Waals surface area contributed by atoms with Gasteiger partial charge in [0.1, 0.15) is 23.2 Å². The van der Waals surface area contributed by atoms with E-state index in [1.807, 2.05) is 0 Å². The average molecular weight is 332 g/mol. The zero-order valence-electron chi connectivity index (χ0n) is 13.3. The second-order valence-corrected chi connectivity index (χ2v) is 5.73. The second-order valence-electron chi connectivity index (χ2n) is 5.73. The Labute approximate surface area is 139 Å². The summed E-state index contributed by atoms with van der Waals surface area (Å²) in [5, 5.41) is 29.3. The predicted molar refractivity (Wildman–Crippen MR) is 86.9 cm³/mol. The number of benzene rings is 1. The van der Waals surface area contributed by atoms with Gasteiger partial charge in [-0.2, -0.15) is 0 Å². The first kappa shape index (κ1) is 17.7. The van der Waals surface area contributed by atoms with Crippen LogP contribution < -0.4 is 0 Å². The fraction of sp³-hybridized carbons (Fsp3) is 0.333. The maximum atomic E-state index is 12.3. The number of fused-ring (bicyclic) bond motifs is 1. The zero-order chi connectivity index (χ0) is 17.7. The van der Waals surface area contributed by atoms with Crippen molar-refractivity contribution in [3.8, 4) is 11.5 Å². The number of ketones is 1. The highest BCUT2D eigenvalue weighted by Gasteiger charge is 2.22. The number of aliphatic hydroxyl groups excluding tert-OH is 1. The number of phenols is 2. The van der Waals surface area contributed by atoms with Gasteiger partial charge in [0.15, 0.2) is 5.78 Å². The van der Waals surface area contributed by atoms with E-state index in [0.29, 0.717) is 6.42 Å². The minimum Gasteiger partial charge on any atom is -0.508 e. The normalized spacial score (nSPS) is 25.2. The van der Waals surface area contributed by atoms with E-state index in [-0.39, 0.29) is 35.5 Å². The van der Waals surface area contributed by atoms with Gasteiger partial charge in [0.05, 0.1) is 6.10 Å². The molecule has 1 aliphatic heterocycles. The van der Waals surface area contributed by atoms with Crippen LogP contribution in [0.4, 0.5) is 0 Å². The molecule has 1 aliphatic rings. The molecule has 2 rings (SSSR count). The van der Waals surface area contributed by atoms with Crippen LogP contribution in [0.1, 0.15) is 35.7 Å². The first-order valence-corrected chi connectivity index (χ1v) is 7.66. The van der Waals surface area contributed by atoms with Gasteiger partial charge in [-0.3, -0.25) is 4.79 Å². The number of cyclic esters (lactones) is 1. The molecule has 0 unspecified atom stereocenters. The minimum absolute atomic E-state index is 0.123.